The Morgan fingerprint density at radius 2 is 1.32 bits per heavy atom. The second kappa shape index (κ2) is 13.1. The molecule has 0 aromatic rings. The molecule has 5 unspecified atom stereocenters. The first-order valence-electron chi connectivity index (χ1n) is 15.2. The van der Waals surface area contributed by atoms with E-state index in [-0.39, 0.29) is 30.3 Å². The van der Waals surface area contributed by atoms with Gasteiger partial charge >= 0.3 is 0 Å². The van der Waals surface area contributed by atoms with Crippen molar-refractivity contribution in [2.45, 2.75) is 121 Å². The van der Waals surface area contributed by atoms with E-state index in [2.05, 4.69) is 26.0 Å². The van der Waals surface area contributed by atoms with Gasteiger partial charge in [-0.3, -0.25) is 19.2 Å². The normalized spacial score (nSPS) is 29.9. The van der Waals surface area contributed by atoms with Crippen molar-refractivity contribution in [3.8, 4) is 0 Å². The first kappa shape index (κ1) is 33.8. The molecule has 5 atom stereocenters. The number of fused-ring (bicyclic) bond motifs is 2. The Labute approximate surface area is 243 Å². The molecule has 0 radical (unpaired) electrons. The molecule has 222 valence electrons. The monoisotopic (exact) mass is 550 g/mol. The summed E-state index contributed by atoms with van der Waals surface area (Å²) in [6.45, 7) is 21.6. The number of allylic oxidation sites excluding steroid dienone is 8. The van der Waals surface area contributed by atoms with Crippen LogP contribution in [0.25, 0.3) is 0 Å². The number of rotatable bonds is 11. The first-order valence-corrected chi connectivity index (χ1v) is 15.2. The van der Waals surface area contributed by atoms with Crippen LogP contribution in [0.1, 0.15) is 121 Å². The molecule has 2 saturated carbocycles. The van der Waals surface area contributed by atoms with E-state index in [1.165, 1.54) is 0 Å². The number of ketones is 4. The highest BCUT2D eigenvalue weighted by atomic mass is 16.2. The zero-order chi connectivity index (χ0) is 30.6. The number of hydrogen-bond donors (Lipinski definition) is 0. The highest BCUT2D eigenvalue weighted by molar-refractivity contribution is 6.38. The predicted octanol–water partition coefficient (Wildman–Crippen LogP) is 8.75. The summed E-state index contributed by atoms with van der Waals surface area (Å²) < 4.78 is 0. The summed E-state index contributed by atoms with van der Waals surface area (Å²) in [6, 6.07) is 0. The molecule has 4 heteroatoms. The molecular formula is C36H54O4. The van der Waals surface area contributed by atoms with Crippen molar-refractivity contribution < 1.29 is 19.2 Å². The Morgan fingerprint density at radius 1 is 0.800 bits per heavy atom. The third kappa shape index (κ3) is 6.11. The summed E-state index contributed by atoms with van der Waals surface area (Å²) in [5.74, 6) is -3.05. The van der Waals surface area contributed by atoms with Gasteiger partial charge in [0, 0.05) is 5.92 Å². The van der Waals surface area contributed by atoms with Crippen LogP contribution >= 0.6 is 0 Å². The second-order valence-electron chi connectivity index (χ2n) is 14.0. The maximum atomic E-state index is 15.2. The molecule has 0 spiro atoms. The van der Waals surface area contributed by atoms with E-state index in [1.54, 1.807) is 13.8 Å². The maximum Gasteiger partial charge on any atom is 0.168 e. The van der Waals surface area contributed by atoms with Gasteiger partial charge in [0.25, 0.3) is 0 Å². The fourth-order valence-corrected chi connectivity index (χ4v) is 7.12. The van der Waals surface area contributed by atoms with Crippen LogP contribution in [-0.2, 0) is 19.2 Å². The van der Waals surface area contributed by atoms with E-state index in [4.69, 9.17) is 0 Å². The smallest absolute Gasteiger partial charge is 0.168 e. The lowest BCUT2D eigenvalue weighted by Crippen LogP contribution is -2.69. The summed E-state index contributed by atoms with van der Waals surface area (Å²) in [6.07, 6.45) is 11.6. The third-order valence-corrected chi connectivity index (χ3v) is 9.47. The Morgan fingerprint density at radius 3 is 1.82 bits per heavy atom. The van der Waals surface area contributed by atoms with E-state index >= 15 is 4.79 Å². The minimum atomic E-state index is -1.85. The van der Waals surface area contributed by atoms with Gasteiger partial charge in [-0.25, -0.2) is 0 Å². The SMILES string of the molecule is CC(C)=CCCC1(C)C(CC=C(C)C)CCC2(CC=C(C)C)C(=O)C(CC=C(C)C)C(=O)C1(C(=O)C(C)C)C2=O. The Hall–Kier alpha value is -2.36. The minimum absolute atomic E-state index is 0.0906. The first-order chi connectivity index (χ1) is 18.5. The molecule has 2 rings (SSSR count). The van der Waals surface area contributed by atoms with Crippen LogP contribution in [-0.4, -0.2) is 23.1 Å². The Balaban J connectivity index is 3.08. The molecule has 2 aliphatic rings. The number of carbonyl (C=O) groups excluding carboxylic acids is 4. The zero-order valence-electron chi connectivity index (χ0n) is 27.1. The summed E-state index contributed by atoms with van der Waals surface area (Å²) in [7, 11) is 0. The molecule has 0 amide bonds. The number of carbonyl (C=O) groups is 4. The molecule has 0 heterocycles. The fraction of sp³-hybridized carbons (Fsp3) is 0.667. The van der Waals surface area contributed by atoms with Crippen LogP contribution in [0.4, 0.5) is 0 Å². The molecule has 0 aromatic heterocycles. The van der Waals surface area contributed by atoms with Gasteiger partial charge in [0.05, 0.1) is 11.3 Å². The third-order valence-electron chi connectivity index (χ3n) is 9.47. The van der Waals surface area contributed by atoms with Crippen LogP contribution in [0, 0.1) is 34.0 Å². The van der Waals surface area contributed by atoms with Crippen LogP contribution in [0.15, 0.2) is 46.6 Å². The lowest BCUT2D eigenvalue weighted by Gasteiger charge is -2.54. The largest absolute Gasteiger partial charge is 0.298 e. The lowest BCUT2D eigenvalue weighted by molar-refractivity contribution is -0.176. The highest BCUT2D eigenvalue weighted by Crippen LogP contribution is 2.64. The average molecular weight is 551 g/mol. The standard InChI is InChI=1S/C36H54O4/c1-23(2)13-12-20-34(11)28(16-14-24(3)4)19-22-35(21-18-26(7)8)31(38)29(17-15-25(5)6)32(39)36(34,33(35)40)30(37)27(9)10/h13-15,18,27-29H,12,16-17,19-22H2,1-11H3. The highest BCUT2D eigenvalue weighted by Gasteiger charge is 2.75. The van der Waals surface area contributed by atoms with Crippen molar-refractivity contribution >= 4 is 23.1 Å². The van der Waals surface area contributed by atoms with Gasteiger partial charge in [-0.15, -0.1) is 0 Å². The van der Waals surface area contributed by atoms with Gasteiger partial charge in [-0.05, 0) is 112 Å². The van der Waals surface area contributed by atoms with Crippen molar-refractivity contribution in [2.24, 2.45) is 34.0 Å². The molecule has 0 aliphatic heterocycles. The van der Waals surface area contributed by atoms with Crippen molar-refractivity contribution in [1.82, 2.24) is 0 Å². The molecule has 40 heavy (non-hydrogen) atoms. The molecule has 2 bridgehead atoms. The van der Waals surface area contributed by atoms with E-state index < -0.39 is 39.6 Å². The Bertz CT molecular complexity index is 1130. The van der Waals surface area contributed by atoms with Crippen LogP contribution < -0.4 is 0 Å². The second-order valence-corrected chi connectivity index (χ2v) is 14.0. The quantitative estimate of drug-likeness (QED) is 0.190. The van der Waals surface area contributed by atoms with Crippen LogP contribution in [0.3, 0.4) is 0 Å². The van der Waals surface area contributed by atoms with E-state index in [0.29, 0.717) is 32.1 Å². The lowest BCUT2D eigenvalue weighted by atomic mass is 9.43. The molecule has 2 aliphatic carbocycles. The van der Waals surface area contributed by atoms with Gasteiger partial charge in [0.2, 0.25) is 0 Å². The van der Waals surface area contributed by atoms with Crippen molar-refractivity contribution in [2.75, 3.05) is 0 Å². The molecule has 2 fully saturated rings. The van der Waals surface area contributed by atoms with Crippen LogP contribution in [0.2, 0.25) is 0 Å². The zero-order valence-corrected chi connectivity index (χ0v) is 27.1. The van der Waals surface area contributed by atoms with Crippen LogP contribution in [0.5, 0.6) is 0 Å². The molecular weight excluding hydrogens is 496 g/mol. The van der Waals surface area contributed by atoms with Gasteiger partial charge in [-0.2, -0.15) is 0 Å². The van der Waals surface area contributed by atoms with Gasteiger partial charge in [0.1, 0.15) is 0 Å². The van der Waals surface area contributed by atoms with Gasteiger partial charge in [-0.1, -0.05) is 67.4 Å². The van der Waals surface area contributed by atoms with E-state index in [1.807, 2.05) is 60.6 Å². The fourth-order valence-electron chi connectivity index (χ4n) is 7.12. The van der Waals surface area contributed by atoms with E-state index in [0.717, 1.165) is 22.3 Å². The van der Waals surface area contributed by atoms with Gasteiger partial charge in [0.15, 0.2) is 28.5 Å². The molecule has 4 nitrogen and oxygen atoms in total. The topological polar surface area (TPSA) is 68.3 Å². The predicted molar refractivity (Wildman–Crippen MR) is 165 cm³/mol. The van der Waals surface area contributed by atoms with Crippen molar-refractivity contribution in [1.29, 1.82) is 0 Å². The van der Waals surface area contributed by atoms with Crippen molar-refractivity contribution in [3.63, 3.8) is 0 Å². The van der Waals surface area contributed by atoms with Crippen molar-refractivity contribution in [3.05, 3.63) is 46.6 Å². The molecule has 0 aromatic carbocycles. The maximum absolute atomic E-state index is 15.2. The molecule has 0 N–H and O–H groups in total. The van der Waals surface area contributed by atoms with Gasteiger partial charge < -0.3 is 0 Å². The summed E-state index contributed by atoms with van der Waals surface area (Å²) >= 11 is 0. The molecule has 0 saturated heterocycles. The number of hydrogen-bond acceptors (Lipinski definition) is 4. The average Bonchev–Trinajstić information content (AvgIpc) is 2.90. The summed E-state index contributed by atoms with van der Waals surface area (Å²) in [5, 5.41) is 0. The minimum Gasteiger partial charge on any atom is -0.298 e. The summed E-state index contributed by atoms with van der Waals surface area (Å²) in [5.41, 5.74) is 0.220. The van der Waals surface area contributed by atoms with E-state index in [9.17, 15) is 14.4 Å². The number of Topliss-reactive ketones (excluding diaryl/α,β-unsaturated/α-hetero) is 4. The summed E-state index contributed by atoms with van der Waals surface area (Å²) in [4.78, 5) is 59.2. The Kier molecular flexibility index (Phi) is 11.1.